The van der Waals surface area contributed by atoms with Crippen LogP contribution in [-0.2, 0) is 4.79 Å². The molecule has 144 valence electrons. The van der Waals surface area contributed by atoms with Gasteiger partial charge in [0.05, 0.1) is 29.3 Å². The monoisotopic (exact) mass is 378 g/mol. The van der Waals surface area contributed by atoms with Crippen molar-refractivity contribution in [1.29, 1.82) is 5.26 Å². The van der Waals surface area contributed by atoms with Gasteiger partial charge in [0.15, 0.2) is 11.5 Å². The van der Waals surface area contributed by atoms with Crippen molar-refractivity contribution < 1.29 is 14.7 Å². The number of phenols is 1. The van der Waals surface area contributed by atoms with Crippen molar-refractivity contribution >= 4 is 17.4 Å². The molecule has 3 N–H and O–H groups in total. The molecule has 1 amide bonds. The highest BCUT2D eigenvalue weighted by molar-refractivity contribution is 6.07. The zero-order chi connectivity index (χ0) is 20.8. The summed E-state index contributed by atoms with van der Waals surface area (Å²) in [5, 5.41) is 25.7. The fraction of sp³-hybridized carbons (Fsp3) is 0.190. The Kier molecular flexibility index (Phi) is 6.40. The maximum absolute atomic E-state index is 12.3. The Labute approximate surface area is 164 Å². The van der Waals surface area contributed by atoms with E-state index in [1.165, 1.54) is 17.0 Å². The van der Waals surface area contributed by atoms with E-state index in [-0.39, 0.29) is 40.5 Å². The zero-order valence-corrected chi connectivity index (χ0v) is 15.9. The molecule has 1 aromatic rings. The van der Waals surface area contributed by atoms with Gasteiger partial charge in [-0.15, -0.1) is 0 Å². The van der Waals surface area contributed by atoms with Crippen molar-refractivity contribution in [2.24, 2.45) is 0 Å². The lowest BCUT2D eigenvalue weighted by atomic mass is 9.97. The van der Waals surface area contributed by atoms with Crippen molar-refractivity contribution in [3.8, 4) is 11.8 Å². The first kappa shape index (κ1) is 20.5. The number of hydrogen-bond donors (Lipinski definition) is 3. The second-order valence-corrected chi connectivity index (χ2v) is 6.34. The first-order valence-corrected chi connectivity index (χ1v) is 8.52. The Morgan fingerprint density at radius 3 is 2.64 bits per heavy atom. The van der Waals surface area contributed by atoms with Gasteiger partial charge in [-0.2, -0.15) is 5.26 Å². The number of nitrogens with one attached hydrogen (secondary N) is 2. The summed E-state index contributed by atoms with van der Waals surface area (Å²) in [4.78, 5) is 25.6. The molecule has 28 heavy (non-hydrogen) atoms. The van der Waals surface area contributed by atoms with Crippen molar-refractivity contribution in [1.82, 2.24) is 10.2 Å². The van der Waals surface area contributed by atoms with Crippen molar-refractivity contribution in [3.63, 3.8) is 0 Å². The van der Waals surface area contributed by atoms with E-state index in [0.29, 0.717) is 12.2 Å². The smallest absolute Gasteiger partial charge is 0.257 e. The van der Waals surface area contributed by atoms with E-state index < -0.39 is 5.91 Å². The Bertz CT molecular complexity index is 949. The molecule has 0 radical (unpaired) electrons. The van der Waals surface area contributed by atoms with Crippen molar-refractivity contribution in [2.75, 3.05) is 26.0 Å². The summed E-state index contributed by atoms with van der Waals surface area (Å²) in [6, 6.07) is 4.66. The number of anilines is 1. The van der Waals surface area contributed by atoms with Gasteiger partial charge in [0.1, 0.15) is 5.70 Å². The summed E-state index contributed by atoms with van der Waals surface area (Å²) in [5.74, 6) is -0.907. The molecular weight excluding hydrogens is 356 g/mol. The van der Waals surface area contributed by atoms with Crippen molar-refractivity contribution in [3.05, 3.63) is 71.6 Å². The molecule has 0 heterocycles. The number of nitriles is 1. The molecule has 0 saturated carbocycles. The summed E-state index contributed by atoms with van der Waals surface area (Å²) in [6.45, 7) is 7.81. The van der Waals surface area contributed by atoms with Gasteiger partial charge in [0, 0.05) is 26.3 Å². The number of hydrogen-bond acceptors (Lipinski definition) is 6. The minimum Gasteiger partial charge on any atom is -0.505 e. The van der Waals surface area contributed by atoms with Crippen LogP contribution in [0.5, 0.6) is 5.75 Å². The van der Waals surface area contributed by atoms with Gasteiger partial charge in [-0.3, -0.25) is 9.59 Å². The number of benzene rings is 1. The summed E-state index contributed by atoms with van der Waals surface area (Å²) in [5.41, 5.74) is 2.15. The summed E-state index contributed by atoms with van der Waals surface area (Å²) < 4.78 is 0. The van der Waals surface area contributed by atoms with Gasteiger partial charge < -0.3 is 20.6 Å². The van der Waals surface area contributed by atoms with Crippen LogP contribution in [0.15, 0.2) is 60.5 Å². The molecule has 0 saturated heterocycles. The van der Waals surface area contributed by atoms with Crippen LogP contribution in [0.3, 0.4) is 0 Å². The summed E-state index contributed by atoms with van der Waals surface area (Å²) >= 11 is 0. The lowest BCUT2D eigenvalue weighted by Crippen LogP contribution is -2.33. The second-order valence-electron chi connectivity index (χ2n) is 6.34. The Morgan fingerprint density at radius 2 is 2.11 bits per heavy atom. The molecule has 0 spiro atoms. The van der Waals surface area contributed by atoms with Crippen LogP contribution in [0, 0.1) is 11.3 Å². The number of ketones is 1. The molecule has 7 nitrogen and oxygen atoms in total. The number of nitrogens with zero attached hydrogens (tertiary/aromatic N) is 2. The predicted octanol–water partition coefficient (Wildman–Crippen LogP) is 2.45. The normalized spacial score (nSPS) is 13.3. The van der Waals surface area contributed by atoms with E-state index in [0.717, 1.165) is 5.57 Å². The highest BCUT2D eigenvalue weighted by atomic mass is 16.3. The Morgan fingerprint density at radius 1 is 1.39 bits per heavy atom. The molecule has 0 aliphatic heterocycles. The third kappa shape index (κ3) is 4.30. The van der Waals surface area contributed by atoms with Crippen LogP contribution in [-0.4, -0.2) is 42.3 Å². The topological polar surface area (TPSA) is 105 Å². The first-order valence-electron chi connectivity index (χ1n) is 8.52. The average molecular weight is 378 g/mol. The fourth-order valence-corrected chi connectivity index (χ4v) is 2.59. The van der Waals surface area contributed by atoms with Crippen molar-refractivity contribution in [2.45, 2.75) is 6.42 Å². The van der Waals surface area contributed by atoms with Gasteiger partial charge in [-0.05, 0) is 17.7 Å². The number of phenolic OH excluding ortho intramolecular Hbond substituents is 1. The van der Waals surface area contributed by atoms with Crippen LogP contribution in [0.2, 0.25) is 0 Å². The maximum Gasteiger partial charge on any atom is 0.257 e. The number of allylic oxidation sites excluding steroid dienone is 4. The molecule has 7 heteroatoms. The Balaban J connectivity index is 2.34. The van der Waals surface area contributed by atoms with E-state index in [9.17, 15) is 20.0 Å². The number of Topliss-reactive ketones (excluding diaryl/α,β-unsaturated/α-hetero) is 1. The molecular formula is C21H22N4O3. The van der Waals surface area contributed by atoms with Gasteiger partial charge in [-0.25, -0.2) is 0 Å². The highest BCUT2D eigenvalue weighted by Crippen LogP contribution is 2.33. The molecule has 2 rings (SSSR count). The summed E-state index contributed by atoms with van der Waals surface area (Å²) in [7, 11) is 3.09. The average Bonchev–Trinajstić information content (AvgIpc) is 2.68. The molecule has 0 unspecified atom stereocenters. The van der Waals surface area contributed by atoms with Gasteiger partial charge in [0.2, 0.25) is 0 Å². The van der Waals surface area contributed by atoms with E-state index >= 15 is 0 Å². The van der Waals surface area contributed by atoms with E-state index in [2.05, 4.69) is 23.8 Å². The SMILES string of the molecule is C=C/C=C(\C=C)CNC1=C(Nc2cc(C#N)cc(C(=O)N(C)C)c2O)C(=O)C1. The van der Waals surface area contributed by atoms with Crippen LogP contribution in [0.25, 0.3) is 0 Å². The molecule has 0 bridgehead atoms. The number of aromatic hydroxyl groups is 1. The number of carbonyl (C=O) groups excluding carboxylic acids is 2. The lowest BCUT2D eigenvalue weighted by Gasteiger charge is -2.26. The second kappa shape index (κ2) is 8.73. The minimum absolute atomic E-state index is 0.0173. The van der Waals surface area contributed by atoms with Gasteiger partial charge >= 0.3 is 0 Å². The predicted molar refractivity (Wildman–Crippen MR) is 108 cm³/mol. The quantitative estimate of drug-likeness (QED) is 0.474. The van der Waals surface area contributed by atoms with Crippen LogP contribution >= 0.6 is 0 Å². The van der Waals surface area contributed by atoms with Gasteiger partial charge in [-0.1, -0.05) is 31.4 Å². The van der Waals surface area contributed by atoms with Crippen LogP contribution in [0.4, 0.5) is 5.69 Å². The van der Waals surface area contributed by atoms with Gasteiger partial charge in [0.25, 0.3) is 5.91 Å². The molecule has 0 atom stereocenters. The molecule has 1 aliphatic rings. The lowest BCUT2D eigenvalue weighted by molar-refractivity contribution is -0.116. The molecule has 0 fully saturated rings. The van der Waals surface area contributed by atoms with E-state index in [1.54, 1.807) is 32.3 Å². The third-order valence-corrected chi connectivity index (χ3v) is 4.15. The molecule has 1 aromatic carbocycles. The maximum atomic E-state index is 12.3. The standard InChI is InChI=1S/C21H22N4O3/c1-5-7-13(6-2)12-23-16-10-18(26)19(16)24-17-9-14(11-22)8-15(20(17)27)21(28)25(3)4/h5-9,23-24,27H,1-2,10,12H2,3-4H3/b13-7+. The molecule has 1 aliphatic carbocycles. The minimum atomic E-state index is -0.449. The summed E-state index contributed by atoms with van der Waals surface area (Å²) in [6.07, 6.45) is 5.36. The first-order chi connectivity index (χ1) is 13.3. The fourth-order valence-electron chi connectivity index (χ4n) is 2.59. The largest absolute Gasteiger partial charge is 0.505 e. The third-order valence-electron chi connectivity index (χ3n) is 4.15. The van der Waals surface area contributed by atoms with E-state index in [1.807, 2.05) is 6.07 Å². The van der Waals surface area contributed by atoms with E-state index in [4.69, 9.17) is 0 Å². The van der Waals surface area contributed by atoms with Crippen LogP contribution in [0.1, 0.15) is 22.3 Å². The zero-order valence-electron chi connectivity index (χ0n) is 15.9. The number of amides is 1. The van der Waals surface area contributed by atoms with Crippen LogP contribution < -0.4 is 10.6 Å². The Hall–Kier alpha value is -3.79. The number of carbonyl (C=O) groups is 2. The molecule has 0 aromatic heterocycles. The highest BCUT2D eigenvalue weighted by Gasteiger charge is 2.29. The number of rotatable bonds is 8.